The summed E-state index contributed by atoms with van der Waals surface area (Å²) in [7, 11) is 1.62. The summed E-state index contributed by atoms with van der Waals surface area (Å²) >= 11 is 0. The molecule has 0 amide bonds. The topological polar surface area (TPSA) is 55.7 Å². The summed E-state index contributed by atoms with van der Waals surface area (Å²) in [5, 5.41) is 0. The average molecular weight is 313 g/mol. The number of Topliss-reactive ketones (excluding diaryl/α,β-unsaturated/α-hetero) is 2. The molecule has 0 unspecified atom stereocenters. The molecule has 0 radical (unpaired) electrons. The van der Waals surface area contributed by atoms with Crippen molar-refractivity contribution < 1.29 is 14.3 Å². The Balaban J connectivity index is 1.66. The number of aliphatic imine (C=N–C) groups is 1. The number of hydrogen-bond donors (Lipinski definition) is 0. The van der Waals surface area contributed by atoms with E-state index in [0.29, 0.717) is 18.9 Å². The molecule has 2 aliphatic rings. The largest absolute Gasteiger partial charge is 0.497 e. The third-order valence-corrected chi connectivity index (χ3v) is 4.95. The molecule has 2 saturated carbocycles. The fraction of sp³-hybridized carbons (Fsp3) is 0.526. The average Bonchev–Trinajstić information content (AvgIpc) is 3.07. The second-order valence-corrected chi connectivity index (χ2v) is 6.53. The first kappa shape index (κ1) is 15.9. The third kappa shape index (κ3) is 3.69. The molecule has 1 aromatic carbocycles. The molecule has 4 heteroatoms. The minimum atomic E-state index is -0.620. The lowest BCUT2D eigenvalue weighted by Gasteiger charge is -2.25. The van der Waals surface area contributed by atoms with Crippen LogP contribution >= 0.6 is 0 Å². The lowest BCUT2D eigenvalue weighted by atomic mass is 9.77. The number of ether oxygens (including phenoxy) is 1. The zero-order valence-electron chi connectivity index (χ0n) is 13.5. The summed E-state index contributed by atoms with van der Waals surface area (Å²) < 4.78 is 5.15. The first-order valence-corrected chi connectivity index (χ1v) is 8.40. The SMILES string of the molecule is COc1ccc(C2CC(=O)C(C=NC3CCCC3)C(=O)C2)cc1. The van der Waals surface area contributed by atoms with E-state index in [4.69, 9.17) is 4.74 Å². The van der Waals surface area contributed by atoms with Crippen molar-refractivity contribution in [2.45, 2.75) is 50.5 Å². The summed E-state index contributed by atoms with van der Waals surface area (Å²) in [6.45, 7) is 0. The fourth-order valence-electron chi connectivity index (χ4n) is 3.53. The van der Waals surface area contributed by atoms with Gasteiger partial charge in [-0.15, -0.1) is 0 Å². The molecule has 3 rings (SSSR count). The maximum Gasteiger partial charge on any atom is 0.149 e. The van der Waals surface area contributed by atoms with Gasteiger partial charge in [-0.25, -0.2) is 0 Å². The highest BCUT2D eigenvalue weighted by Gasteiger charge is 2.35. The molecule has 0 saturated heterocycles. The van der Waals surface area contributed by atoms with Gasteiger partial charge < -0.3 is 4.74 Å². The number of methoxy groups -OCH3 is 1. The Kier molecular flexibility index (Phi) is 4.89. The van der Waals surface area contributed by atoms with Gasteiger partial charge in [0.1, 0.15) is 23.2 Å². The number of nitrogens with zero attached hydrogens (tertiary/aromatic N) is 1. The van der Waals surface area contributed by atoms with Crippen LogP contribution in [0.25, 0.3) is 0 Å². The smallest absolute Gasteiger partial charge is 0.149 e. The number of benzene rings is 1. The summed E-state index contributed by atoms with van der Waals surface area (Å²) in [5.41, 5.74) is 1.03. The van der Waals surface area contributed by atoms with Crippen LogP contribution < -0.4 is 4.74 Å². The molecule has 2 fully saturated rings. The van der Waals surface area contributed by atoms with Crippen LogP contribution in [-0.4, -0.2) is 30.9 Å². The molecule has 23 heavy (non-hydrogen) atoms. The van der Waals surface area contributed by atoms with Crippen LogP contribution in [-0.2, 0) is 9.59 Å². The van der Waals surface area contributed by atoms with Crippen LogP contribution in [0.4, 0.5) is 0 Å². The standard InChI is InChI=1S/C19H23NO3/c1-23-16-8-6-13(7-9-16)14-10-18(21)17(19(22)11-14)12-20-15-4-2-3-5-15/h6-9,12,14-15,17H,2-5,10-11H2,1H3. The van der Waals surface area contributed by atoms with Gasteiger partial charge in [0.25, 0.3) is 0 Å². The monoisotopic (exact) mass is 313 g/mol. The Hall–Kier alpha value is -1.97. The lowest BCUT2D eigenvalue weighted by molar-refractivity contribution is -0.133. The van der Waals surface area contributed by atoms with Gasteiger partial charge in [0.15, 0.2) is 0 Å². The van der Waals surface area contributed by atoms with Crippen molar-refractivity contribution in [3.05, 3.63) is 29.8 Å². The van der Waals surface area contributed by atoms with Gasteiger partial charge in [-0.05, 0) is 36.5 Å². The molecule has 0 bridgehead atoms. The number of rotatable bonds is 4. The van der Waals surface area contributed by atoms with E-state index in [-0.39, 0.29) is 17.5 Å². The summed E-state index contributed by atoms with van der Waals surface area (Å²) in [6.07, 6.45) is 7.03. The van der Waals surface area contributed by atoms with Gasteiger partial charge in [0.05, 0.1) is 7.11 Å². The van der Waals surface area contributed by atoms with E-state index < -0.39 is 5.92 Å². The maximum absolute atomic E-state index is 12.4. The van der Waals surface area contributed by atoms with E-state index in [2.05, 4.69) is 4.99 Å². The molecule has 0 spiro atoms. The fourth-order valence-corrected chi connectivity index (χ4v) is 3.53. The minimum absolute atomic E-state index is 0.00353. The number of ketones is 2. The molecule has 0 aromatic heterocycles. The van der Waals surface area contributed by atoms with E-state index in [1.54, 1.807) is 13.3 Å². The van der Waals surface area contributed by atoms with Crippen LogP contribution in [0.2, 0.25) is 0 Å². The maximum atomic E-state index is 12.4. The van der Waals surface area contributed by atoms with Crippen LogP contribution in [0.5, 0.6) is 5.75 Å². The van der Waals surface area contributed by atoms with Gasteiger partial charge in [0.2, 0.25) is 0 Å². The first-order valence-electron chi connectivity index (χ1n) is 8.40. The van der Waals surface area contributed by atoms with Gasteiger partial charge in [-0.1, -0.05) is 25.0 Å². The van der Waals surface area contributed by atoms with Crippen LogP contribution in [0.3, 0.4) is 0 Å². The predicted molar refractivity (Wildman–Crippen MR) is 89.2 cm³/mol. The van der Waals surface area contributed by atoms with Crippen molar-refractivity contribution in [1.82, 2.24) is 0 Å². The lowest BCUT2D eigenvalue weighted by Crippen LogP contribution is -2.33. The Bertz CT molecular complexity index is 582. The van der Waals surface area contributed by atoms with E-state index >= 15 is 0 Å². The minimum Gasteiger partial charge on any atom is -0.497 e. The molecule has 0 heterocycles. The van der Waals surface area contributed by atoms with Crippen molar-refractivity contribution >= 4 is 17.8 Å². The number of carbonyl (C=O) groups excluding carboxylic acids is 2. The van der Waals surface area contributed by atoms with Crippen LogP contribution in [0, 0.1) is 5.92 Å². The molecule has 0 aliphatic heterocycles. The van der Waals surface area contributed by atoms with Gasteiger partial charge in [0, 0.05) is 25.1 Å². The van der Waals surface area contributed by atoms with Crippen molar-refractivity contribution in [3.63, 3.8) is 0 Å². The molecule has 1 aromatic rings. The molecule has 0 atom stereocenters. The quantitative estimate of drug-likeness (QED) is 0.633. The second-order valence-electron chi connectivity index (χ2n) is 6.53. The Morgan fingerprint density at radius 2 is 1.65 bits per heavy atom. The summed E-state index contributed by atoms with van der Waals surface area (Å²) in [5.74, 6) is 0.151. The first-order chi connectivity index (χ1) is 11.2. The van der Waals surface area contributed by atoms with Gasteiger partial charge >= 0.3 is 0 Å². The highest BCUT2D eigenvalue weighted by atomic mass is 16.5. The molecule has 0 N–H and O–H groups in total. The van der Waals surface area contributed by atoms with Gasteiger partial charge in [-0.3, -0.25) is 14.6 Å². The molecule has 2 aliphatic carbocycles. The number of carbonyl (C=O) groups is 2. The highest BCUT2D eigenvalue weighted by molar-refractivity contribution is 6.16. The van der Waals surface area contributed by atoms with Crippen molar-refractivity contribution in [1.29, 1.82) is 0 Å². The van der Waals surface area contributed by atoms with E-state index in [1.807, 2.05) is 24.3 Å². The Morgan fingerprint density at radius 3 is 2.22 bits per heavy atom. The molecule has 4 nitrogen and oxygen atoms in total. The third-order valence-electron chi connectivity index (χ3n) is 4.95. The van der Waals surface area contributed by atoms with Crippen LogP contribution in [0.15, 0.2) is 29.3 Å². The van der Waals surface area contributed by atoms with E-state index in [0.717, 1.165) is 24.2 Å². The van der Waals surface area contributed by atoms with E-state index in [9.17, 15) is 9.59 Å². The Labute approximate surface area is 136 Å². The van der Waals surface area contributed by atoms with Crippen molar-refractivity contribution in [3.8, 4) is 5.75 Å². The molecular formula is C19H23NO3. The summed E-state index contributed by atoms with van der Waals surface area (Å²) in [4.78, 5) is 29.2. The molecule has 122 valence electrons. The highest BCUT2D eigenvalue weighted by Crippen LogP contribution is 2.32. The van der Waals surface area contributed by atoms with Crippen molar-refractivity contribution in [2.75, 3.05) is 7.11 Å². The van der Waals surface area contributed by atoms with Crippen LogP contribution in [0.1, 0.15) is 50.0 Å². The summed E-state index contributed by atoms with van der Waals surface area (Å²) in [6, 6.07) is 7.94. The Morgan fingerprint density at radius 1 is 1.04 bits per heavy atom. The second kappa shape index (κ2) is 7.07. The predicted octanol–water partition coefficient (Wildman–Crippen LogP) is 3.34. The zero-order valence-corrected chi connectivity index (χ0v) is 13.5. The van der Waals surface area contributed by atoms with Gasteiger partial charge in [-0.2, -0.15) is 0 Å². The van der Waals surface area contributed by atoms with E-state index in [1.165, 1.54) is 12.8 Å². The number of hydrogen-bond acceptors (Lipinski definition) is 4. The molecular weight excluding hydrogens is 290 g/mol. The zero-order chi connectivity index (χ0) is 16.2. The normalized spacial score (nSPS) is 26.1. The van der Waals surface area contributed by atoms with Crippen molar-refractivity contribution in [2.24, 2.45) is 10.9 Å².